The van der Waals surface area contributed by atoms with E-state index >= 15 is 0 Å². The highest BCUT2D eigenvalue weighted by atomic mass is 16.2. The third-order valence-corrected chi connectivity index (χ3v) is 4.29. The molecule has 1 rings (SSSR count). The van der Waals surface area contributed by atoms with E-state index in [-0.39, 0.29) is 11.8 Å². The van der Waals surface area contributed by atoms with Crippen molar-refractivity contribution < 1.29 is 9.59 Å². The highest BCUT2D eigenvalue weighted by Crippen LogP contribution is 2.34. The number of amides is 2. The minimum Gasteiger partial charge on any atom is -0.357 e. The topological polar surface area (TPSA) is 73.2 Å². The molecule has 0 aromatic carbocycles. The number of likely N-dealkylation sites (tertiary alicyclic amines) is 1. The van der Waals surface area contributed by atoms with Crippen molar-refractivity contribution in [1.82, 2.24) is 10.2 Å². The monoisotopic (exact) mass is 293 g/mol. The molecule has 2 amide bonds. The average Bonchev–Trinajstić information content (AvgIpc) is 2.53. The van der Waals surface area contributed by atoms with E-state index < -0.39 is 11.5 Å². The Bertz CT molecular complexity index is 408. The van der Waals surface area contributed by atoms with E-state index in [4.69, 9.17) is 0 Å². The summed E-state index contributed by atoms with van der Waals surface area (Å²) >= 11 is 0. The molecule has 0 aliphatic carbocycles. The van der Waals surface area contributed by atoms with Crippen molar-refractivity contribution in [3.05, 3.63) is 0 Å². The maximum atomic E-state index is 13.0. The summed E-state index contributed by atoms with van der Waals surface area (Å²) in [5, 5.41) is 12.3. The number of carbonyl (C=O) groups is 2. The van der Waals surface area contributed by atoms with Gasteiger partial charge in [0.2, 0.25) is 11.8 Å². The molecule has 1 fully saturated rings. The van der Waals surface area contributed by atoms with E-state index in [9.17, 15) is 14.9 Å². The van der Waals surface area contributed by atoms with Gasteiger partial charge in [0, 0.05) is 13.6 Å². The molecule has 1 saturated heterocycles. The Morgan fingerprint density at radius 3 is 2.38 bits per heavy atom. The number of nitriles is 1. The molecule has 1 heterocycles. The van der Waals surface area contributed by atoms with Crippen LogP contribution in [0.4, 0.5) is 0 Å². The number of nitrogens with zero attached hydrogens (tertiary/aromatic N) is 2. The standard InChI is InChI=1S/C16H27N3O2/c1-4-9-16(12-17,10-5-2)15(21)19-11-7-6-8-13(19)14(20)18-3/h13H,4-11H2,1-3H3,(H,18,20). The van der Waals surface area contributed by atoms with Crippen LogP contribution in [0, 0.1) is 16.7 Å². The molecular formula is C16H27N3O2. The molecule has 1 aliphatic heterocycles. The molecule has 0 aromatic rings. The molecular weight excluding hydrogens is 266 g/mol. The van der Waals surface area contributed by atoms with E-state index in [1.54, 1.807) is 11.9 Å². The van der Waals surface area contributed by atoms with Crippen molar-refractivity contribution >= 4 is 11.8 Å². The largest absolute Gasteiger partial charge is 0.357 e. The van der Waals surface area contributed by atoms with Crippen LogP contribution in [0.3, 0.4) is 0 Å². The Balaban J connectivity index is 3.05. The van der Waals surface area contributed by atoms with Crippen molar-refractivity contribution in [2.45, 2.75) is 64.8 Å². The minimum absolute atomic E-state index is 0.122. The number of hydrogen-bond acceptors (Lipinski definition) is 3. The SMILES string of the molecule is CCCC(C#N)(CCC)C(=O)N1CCCCC1C(=O)NC. The van der Waals surface area contributed by atoms with Crippen molar-refractivity contribution in [2.24, 2.45) is 5.41 Å². The first-order valence-corrected chi connectivity index (χ1v) is 8.00. The lowest BCUT2D eigenvalue weighted by Crippen LogP contribution is -2.55. The van der Waals surface area contributed by atoms with Crippen molar-refractivity contribution in [2.75, 3.05) is 13.6 Å². The molecule has 5 heteroatoms. The summed E-state index contributed by atoms with van der Waals surface area (Å²) in [6.45, 7) is 4.55. The first-order chi connectivity index (χ1) is 10.1. The fourth-order valence-electron chi connectivity index (χ4n) is 3.24. The smallest absolute Gasteiger partial charge is 0.243 e. The van der Waals surface area contributed by atoms with Crippen LogP contribution < -0.4 is 5.32 Å². The summed E-state index contributed by atoms with van der Waals surface area (Å²) < 4.78 is 0. The van der Waals surface area contributed by atoms with E-state index in [0.717, 1.165) is 25.7 Å². The van der Waals surface area contributed by atoms with E-state index in [0.29, 0.717) is 25.8 Å². The molecule has 1 unspecified atom stereocenters. The fourth-order valence-corrected chi connectivity index (χ4v) is 3.24. The van der Waals surface area contributed by atoms with Crippen LogP contribution in [0.15, 0.2) is 0 Å². The van der Waals surface area contributed by atoms with Gasteiger partial charge in [-0.3, -0.25) is 9.59 Å². The van der Waals surface area contributed by atoms with Gasteiger partial charge < -0.3 is 10.2 Å². The predicted octanol–water partition coefficient (Wildman–Crippen LogP) is 2.22. The number of likely N-dealkylation sites (N-methyl/N-ethyl adjacent to an activating group) is 1. The van der Waals surface area contributed by atoms with Gasteiger partial charge in [-0.1, -0.05) is 26.7 Å². The fraction of sp³-hybridized carbons (Fsp3) is 0.812. The van der Waals surface area contributed by atoms with E-state index in [1.165, 1.54) is 0 Å². The van der Waals surface area contributed by atoms with Gasteiger partial charge in [-0.15, -0.1) is 0 Å². The zero-order valence-corrected chi connectivity index (χ0v) is 13.4. The maximum absolute atomic E-state index is 13.0. The number of piperidine rings is 1. The van der Waals surface area contributed by atoms with Gasteiger partial charge in [-0.05, 0) is 32.1 Å². The molecule has 1 aliphatic rings. The summed E-state index contributed by atoms with van der Waals surface area (Å²) in [7, 11) is 1.59. The lowest BCUT2D eigenvalue weighted by Gasteiger charge is -2.39. The quantitative estimate of drug-likeness (QED) is 0.816. The molecule has 1 atom stereocenters. The second-order valence-corrected chi connectivity index (χ2v) is 5.82. The van der Waals surface area contributed by atoms with Crippen LogP contribution in [0.1, 0.15) is 58.8 Å². The Kier molecular flexibility index (Phi) is 6.67. The first kappa shape index (κ1) is 17.5. The van der Waals surface area contributed by atoms with Crippen LogP contribution in [0.2, 0.25) is 0 Å². The third kappa shape index (κ3) is 3.75. The highest BCUT2D eigenvalue weighted by Gasteiger charge is 2.44. The minimum atomic E-state index is -0.965. The second-order valence-electron chi connectivity index (χ2n) is 5.82. The highest BCUT2D eigenvalue weighted by molar-refractivity contribution is 5.91. The van der Waals surface area contributed by atoms with Crippen LogP contribution in [0.5, 0.6) is 0 Å². The Hall–Kier alpha value is -1.57. The Morgan fingerprint density at radius 1 is 1.29 bits per heavy atom. The number of carbonyl (C=O) groups excluding carboxylic acids is 2. The molecule has 118 valence electrons. The van der Waals surface area contributed by atoms with Gasteiger partial charge in [-0.25, -0.2) is 0 Å². The van der Waals surface area contributed by atoms with Gasteiger partial charge in [-0.2, -0.15) is 5.26 Å². The van der Waals surface area contributed by atoms with Crippen LogP contribution in [0.25, 0.3) is 0 Å². The number of hydrogen-bond donors (Lipinski definition) is 1. The van der Waals surface area contributed by atoms with Crippen molar-refractivity contribution in [1.29, 1.82) is 5.26 Å². The van der Waals surface area contributed by atoms with E-state index in [1.807, 2.05) is 13.8 Å². The van der Waals surface area contributed by atoms with Crippen LogP contribution in [-0.4, -0.2) is 36.3 Å². The van der Waals surface area contributed by atoms with Gasteiger partial charge in [0.15, 0.2) is 0 Å². The lowest BCUT2D eigenvalue weighted by atomic mass is 9.78. The van der Waals surface area contributed by atoms with Gasteiger partial charge in [0.25, 0.3) is 0 Å². The van der Waals surface area contributed by atoms with E-state index in [2.05, 4.69) is 11.4 Å². The number of rotatable bonds is 6. The average molecular weight is 293 g/mol. The summed E-state index contributed by atoms with van der Waals surface area (Å²) in [5.41, 5.74) is -0.965. The van der Waals surface area contributed by atoms with Gasteiger partial charge in [0.05, 0.1) is 6.07 Å². The molecule has 0 aromatic heterocycles. The number of nitrogens with one attached hydrogen (secondary N) is 1. The van der Waals surface area contributed by atoms with Crippen molar-refractivity contribution in [3.8, 4) is 6.07 Å². The zero-order chi connectivity index (χ0) is 15.9. The normalized spacial score (nSPS) is 19.0. The van der Waals surface area contributed by atoms with Gasteiger partial charge in [0.1, 0.15) is 11.5 Å². The summed E-state index contributed by atoms with van der Waals surface area (Å²) in [5.74, 6) is -0.273. The molecule has 1 N–H and O–H groups in total. The molecule has 0 radical (unpaired) electrons. The summed E-state index contributed by atoms with van der Waals surface area (Å²) in [6, 6.07) is 1.85. The summed E-state index contributed by atoms with van der Waals surface area (Å²) in [4.78, 5) is 26.7. The Labute approximate surface area is 127 Å². The van der Waals surface area contributed by atoms with Crippen LogP contribution in [-0.2, 0) is 9.59 Å². The molecule has 5 nitrogen and oxygen atoms in total. The van der Waals surface area contributed by atoms with Gasteiger partial charge >= 0.3 is 0 Å². The maximum Gasteiger partial charge on any atom is 0.243 e. The first-order valence-electron chi connectivity index (χ1n) is 8.00. The summed E-state index contributed by atoms with van der Waals surface area (Å²) in [6.07, 6.45) is 5.24. The zero-order valence-electron chi connectivity index (χ0n) is 13.4. The molecule has 0 bridgehead atoms. The predicted molar refractivity (Wildman–Crippen MR) is 81.3 cm³/mol. The third-order valence-electron chi connectivity index (χ3n) is 4.29. The second kappa shape index (κ2) is 8.02. The lowest BCUT2D eigenvalue weighted by molar-refractivity contribution is -0.148. The molecule has 0 saturated carbocycles. The Morgan fingerprint density at radius 2 is 1.90 bits per heavy atom. The van der Waals surface area contributed by atoms with Crippen molar-refractivity contribution in [3.63, 3.8) is 0 Å². The molecule has 21 heavy (non-hydrogen) atoms. The molecule has 0 spiro atoms. The van der Waals surface area contributed by atoms with Crippen LogP contribution >= 0.6 is 0 Å².